The maximum atomic E-state index is 13.2. The molecule has 0 radical (unpaired) electrons. The van der Waals surface area contributed by atoms with E-state index in [2.05, 4.69) is 12.2 Å². The maximum Gasteiger partial charge on any atom is 0.261 e. The summed E-state index contributed by atoms with van der Waals surface area (Å²) in [5.74, 6) is -0.829. The second-order valence-electron chi connectivity index (χ2n) is 7.98. The number of hydrogen-bond donors (Lipinski definition) is 1. The minimum atomic E-state index is -0.561. The van der Waals surface area contributed by atoms with Crippen LogP contribution in [0.25, 0.3) is 10.9 Å². The fourth-order valence-corrected chi connectivity index (χ4v) is 4.50. The molecule has 0 unspecified atom stereocenters. The van der Waals surface area contributed by atoms with E-state index < -0.39 is 5.91 Å². The number of amides is 1. The number of pyridine rings is 1. The molecule has 1 aliphatic rings. The molecule has 1 aromatic heterocycles. The Balaban J connectivity index is 1.56. The van der Waals surface area contributed by atoms with Gasteiger partial charge in [-0.25, -0.2) is 0 Å². The molecule has 158 valence electrons. The number of aromatic nitrogens is 1. The zero-order valence-corrected chi connectivity index (χ0v) is 18.0. The molecule has 5 rings (SSSR count). The van der Waals surface area contributed by atoms with E-state index in [1.165, 1.54) is 6.07 Å². The van der Waals surface area contributed by atoms with Crippen LogP contribution in [-0.2, 0) is 6.42 Å². The Bertz CT molecular complexity index is 1460. The van der Waals surface area contributed by atoms with Gasteiger partial charge in [0, 0.05) is 33.8 Å². The van der Waals surface area contributed by atoms with Crippen LogP contribution in [0.1, 0.15) is 44.8 Å². The minimum Gasteiger partial charge on any atom is -0.343 e. The van der Waals surface area contributed by atoms with Gasteiger partial charge in [-0.3, -0.25) is 14.4 Å². The van der Waals surface area contributed by atoms with Gasteiger partial charge in [-0.15, -0.1) is 0 Å². The van der Waals surface area contributed by atoms with Crippen molar-refractivity contribution in [2.75, 3.05) is 5.32 Å². The van der Waals surface area contributed by atoms with Gasteiger partial charge in [0.15, 0.2) is 5.78 Å². The SMILES string of the molecule is C[C@H]1Cc2cccc3c(=O)c(C(=O)Nc4ccc(Cl)cc4C(=O)c4ccccc4)cn1c23. The summed E-state index contributed by atoms with van der Waals surface area (Å²) < 4.78 is 1.98. The van der Waals surface area contributed by atoms with Crippen LogP contribution in [0.15, 0.2) is 77.7 Å². The van der Waals surface area contributed by atoms with Gasteiger partial charge in [-0.05, 0) is 43.2 Å². The van der Waals surface area contributed by atoms with E-state index in [0.717, 1.165) is 17.5 Å². The van der Waals surface area contributed by atoms with Gasteiger partial charge in [0.1, 0.15) is 5.56 Å². The summed E-state index contributed by atoms with van der Waals surface area (Å²) in [4.78, 5) is 39.4. The zero-order chi connectivity index (χ0) is 22.4. The van der Waals surface area contributed by atoms with Crippen molar-refractivity contribution in [2.45, 2.75) is 19.4 Å². The number of halogens is 1. The molecule has 2 heterocycles. The van der Waals surface area contributed by atoms with Crippen molar-refractivity contribution >= 4 is 39.9 Å². The highest BCUT2D eigenvalue weighted by atomic mass is 35.5. The average molecular weight is 443 g/mol. The van der Waals surface area contributed by atoms with E-state index in [1.807, 2.05) is 22.8 Å². The Labute approximate surface area is 189 Å². The van der Waals surface area contributed by atoms with Gasteiger partial charge < -0.3 is 9.88 Å². The fourth-order valence-electron chi connectivity index (χ4n) is 4.33. The number of hydrogen-bond acceptors (Lipinski definition) is 3. The summed E-state index contributed by atoms with van der Waals surface area (Å²) in [6.07, 6.45) is 2.44. The molecule has 0 bridgehead atoms. The number of carbonyl (C=O) groups is 2. The summed E-state index contributed by atoms with van der Waals surface area (Å²) in [5, 5.41) is 3.66. The maximum absolute atomic E-state index is 13.2. The lowest BCUT2D eigenvalue weighted by atomic mass is 10.0. The molecule has 0 aliphatic carbocycles. The van der Waals surface area contributed by atoms with Gasteiger partial charge in [-0.1, -0.05) is 54.1 Å². The first-order chi connectivity index (χ1) is 15.4. The molecule has 6 heteroatoms. The van der Waals surface area contributed by atoms with E-state index in [-0.39, 0.29) is 28.4 Å². The van der Waals surface area contributed by atoms with Crippen molar-refractivity contribution in [2.24, 2.45) is 0 Å². The molecule has 1 amide bonds. The molecule has 4 aromatic rings. The molecule has 1 aliphatic heterocycles. The molecule has 0 spiro atoms. The van der Waals surface area contributed by atoms with Crippen LogP contribution in [-0.4, -0.2) is 16.3 Å². The van der Waals surface area contributed by atoms with Gasteiger partial charge in [0.05, 0.1) is 11.2 Å². The van der Waals surface area contributed by atoms with Crippen LogP contribution in [0.2, 0.25) is 5.02 Å². The molecule has 0 saturated carbocycles. The smallest absolute Gasteiger partial charge is 0.261 e. The lowest BCUT2D eigenvalue weighted by Gasteiger charge is -2.14. The number of ketones is 1. The lowest BCUT2D eigenvalue weighted by Crippen LogP contribution is -2.24. The third-order valence-electron chi connectivity index (χ3n) is 5.88. The normalized spacial score (nSPS) is 14.5. The number of para-hydroxylation sites is 1. The molecule has 5 nitrogen and oxygen atoms in total. The number of rotatable bonds is 4. The number of benzene rings is 3. The second kappa shape index (κ2) is 7.77. The van der Waals surface area contributed by atoms with Crippen molar-refractivity contribution < 1.29 is 9.59 Å². The van der Waals surface area contributed by atoms with Crippen LogP contribution in [0.5, 0.6) is 0 Å². The molecular formula is C26H19ClN2O3. The Kier molecular flexibility index (Phi) is 4.91. The zero-order valence-electron chi connectivity index (χ0n) is 17.3. The fraction of sp³-hybridized carbons (Fsp3) is 0.115. The van der Waals surface area contributed by atoms with Crippen LogP contribution >= 0.6 is 11.6 Å². The quantitative estimate of drug-likeness (QED) is 0.438. The highest BCUT2D eigenvalue weighted by Crippen LogP contribution is 2.31. The first kappa shape index (κ1) is 20.2. The van der Waals surface area contributed by atoms with Crippen molar-refractivity contribution in [1.29, 1.82) is 0 Å². The Hall–Kier alpha value is -3.70. The number of nitrogens with zero attached hydrogens (tertiary/aromatic N) is 1. The summed E-state index contributed by atoms with van der Waals surface area (Å²) in [5.41, 5.74) is 2.74. The standard InChI is InChI=1S/C26H19ClN2O3/c1-15-12-17-8-5-9-19-23(17)29(15)14-21(25(19)31)26(32)28-22-11-10-18(27)13-20(22)24(30)16-6-3-2-4-7-16/h2-11,13-15H,12H2,1H3,(H,28,32)/t15-/m0/s1. The predicted molar refractivity (Wildman–Crippen MR) is 126 cm³/mol. The highest BCUT2D eigenvalue weighted by molar-refractivity contribution is 6.31. The molecular weight excluding hydrogens is 424 g/mol. The first-order valence-corrected chi connectivity index (χ1v) is 10.7. The summed E-state index contributed by atoms with van der Waals surface area (Å²) >= 11 is 6.14. The van der Waals surface area contributed by atoms with Crippen molar-refractivity contribution in [3.8, 4) is 0 Å². The van der Waals surface area contributed by atoms with E-state index in [0.29, 0.717) is 21.7 Å². The third kappa shape index (κ3) is 3.31. The van der Waals surface area contributed by atoms with E-state index in [4.69, 9.17) is 11.6 Å². The van der Waals surface area contributed by atoms with Crippen LogP contribution < -0.4 is 10.7 Å². The van der Waals surface area contributed by atoms with Crippen molar-refractivity contribution in [1.82, 2.24) is 4.57 Å². The minimum absolute atomic E-state index is 0.0384. The first-order valence-electron chi connectivity index (χ1n) is 10.3. The second-order valence-corrected chi connectivity index (χ2v) is 8.42. The molecule has 1 N–H and O–H groups in total. The topological polar surface area (TPSA) is 68.2 Å². The average Bonchev–Trinajstić information content (AvgIpc) is 3.13. The van der Waals surface area contributed by atoms with E-state index >= 15 is 0 Å². The monoisotopic (exact) mass is 442 g/mol. The summed E-state index contributed by atoms with van der Waals surface area (Å²) in [6, 6.07) is 19.2. The number of anilines is 1. The number of nitrogens with one attached hydrogen (secondary N) is 1. The molecule has 0 fully saturated rings. The van der Waals surface area contributed by atoms with Crippen LogP contribution in [0.3, 0.4) is 0 Å². The van der Waals surface area contributed by atoms with E-state index in [1.54, 1.807) is 48.7 Å². The summed E-state index contributed by atoms with van der Waals surface area (Å²) in [7, 11) is 0. The van der Waals surface area contributed by atoms with E-state index in [9.17, 15) is 14.4 Å². The third-order valence-corrected chi connectivity index (χ3v) is 6.12. The van der Waals surface area contributed by atoms with Gasteiger partial charge >= 0.3 is 0 Å². The molecule has 3 aromatic carbocycles. The molecule has 32 heavy (non-hydrogen) atoms. The van der Waals surface area contributed by atoms with Crippen molar-refractivity contribution in [3.63, 3.8) is 0 Å². The Morgan fingerprint density at radius 1 is 1.00 bits per heavy atom. The Morgan fingerprint density at radius 3 is 2.56 bits per heavy atom. The van der Waals surface area contributed by atoms with Gasteiger partial charge in [0.25, 0.3) is 5.91 Å². The predicted octanol–water partition coefficient (Wildman–Crippen LogP) is 5.26. The lowest BCUT2D eigenvalue weighted by molar-refractivity contribution is 0.102. The molecule has 0 saturated heterocycles. The summed E-state index contributed by atoms with van der Waals surface area (Å²) in [6.45, 7) is 2.06. The van der Waals surface area contributed by atoms with Gasteiger partial charge in [0.2, 0.25) is 5.43 Å². The van der Waals surface area contributed by atoms with Crippen molar-refractivity contribution in [3.05, 3.63) is 110 Å². The van der Waals surface area contributed by atoms with Crippen LogP contribution in [0, 0.1) is 0 Å². The Morgan fingerprint density at radius 2 is 1.78 bits per heavy atom. The number of carbonyl (C=O) groups excluding carboxylic acids is 2. The largest absolute Gasteiger partial charge is 0.343 e. The molecule has 1 atom stereocenters. The van der Waals surface area contributed by atoms with Crippen LogP contribution in [0.4, 0.5) is 5.69 Å². The highest BCUT2D eigenvalue weighted by Gasteiger charge is 2.25. The van der Waals surface area contributed by atoms with Gasteiger partial charge in [-0.2, -0.15) is 0 Å².